The zero-order valence-corrected chi connectivity index (χ0v) is 11.9. The molecule has 2 rings (SSSR count). The SMILES string of the molecule is Cc1ccc(/C=C/C(=O)NCc2ccccc2C)cc1. The minimum atomic E-state index is -0.0752. The molecule has 1 amide bonds. The molecule has 2 heteroatoms. The standard InChI is InChI=1S/C18H19NO/c1-14-7-9-16(10-8-14)11-12-18(20)19-13-17-6-4-3-5-15(17)2/h3-12H,13H2,1-2H3,(H,19,20)/b12-11+. The summed E-state index contributed by atoms with van der Waals surface area (Å²) in [5.41, 5.74) is 4.58. The first-order valence-corrected chi connectivity index (χ1v) is 6.72. The van der Waals surface area contributed by atoms with Crippen molar-refractivity contribution in [1.29, 1.82) is 0 Å². The fourth-order valence-corrected chi connectivity index (χ4v) is 1.90. The highest BCUT2D eigenvalue weighted by atomic mass is 16.1. The Balaban J connectivity index is 1.90. The van der Waals surface area contributed by atoms with E-state index in [0.717, 1.165) is 11.1 Å². The molecule has 0 unspecified atom stereocenters. The molecule has 0 aliphatic heterocycles. The first-order chi connectivity index (χ1) is 9.65. The van der Waals surface area contributed by atoms with Crippen molar-refractivity contribution in [2.24, 2.45) is 0 Å². The van der Waals surface area contributed by atoms with Gasteiger partial charge in [0, 0.05) is 12.6 Å². The molecule has 0 saturated carbocycles. The van der Waals surface area contributed by atoms with Crippen LogP contribution in [0.4, 0.5) is 0 Å². The van der Waals surface area contributed by atoms with Crippen LogP contribution in [0.15, 0.2) is 54.6 Å². The Hall–Kier alpha value is -2.35. The number of benzene rings is 2. The molecule has 0 aliphatic rings. The number of carbonyl (C=O) groups excluding carboxylic acids is 1. The van der Waals surface area contributed by atoms with Crippen LogP contribution in [0.25, 0.3) is 6.08 Å². The minimum Gasteiger partial charge on any atom is -0.348 e. The van der Waals surface area contributed by atoms with Crippen molar-refractivity contribution in [2.45, 2.75) is 20.4 Å². The van der Waals surface area contributed by atoms with E-state index in [4.69, 9.17) is 0 Å². The lowest BCUT2D eigenvalue weighted by atomic mass is 10.1. The van der Waals surface area contributed by atoms with Crippen LogP contribution in [0, 0.1) is 13.8 Å². The average Bonchev–Trinajstić information content (AvgIpc) is 2.46. The van der Waals surface area contributed by atoms with Gasteiger partial charge in [0.1, 0.15) is 0 Å². The van der Waals surface area contributed by atoms with Crippen molar-refractivity contribution < 1.29 is 4.79 Å². The Bertz CT molecular complexity index is 612. The van der Waals surface area contributed by atoms with Crippen LogP contribution in [0.5, 0.6) is 0 Å². The van der Waals surface area contributed by atoms with Crippen LogP contribution in [-0.2, 0) is 11.3 Å². The maximum Gasteiger partial charge on any atom is 0.244 e. The van der Waals surface area contributed by atoms with Crippen molar-refractivity contribution in [3.8, 4) is 0 Å². The summed E-state index contributed by atoms with van der Waals surface area (Å²) in [5, 5.41) is 2.90. The molecule has 0 saturated heterocycles. The van der Waals surface area contributed by atoms with Gasteiger partial charge in [-0.1, -0.05) is 54.1 Å². The van der Waals surface area contributed by atoms with E-state index < -0.39 is 0 Å². The third kappa shape index (κ3) is 4.09. The average molecular weight is 265 g/mol. The quantitative estimate of drug-likeness (QED) is 0.840. The fourth-order valence-electron chi connectivity index (χ4n) is 1.90. The molecule has 0 radical (unpaired) electrons. The lowest BCUT2D eigenvalue weighted by Crippen LogP contribution is -2.20. The van der Waals surface area contributed by atoms with Gasteiger partial charge in [0.2, 0.25) is 5.91 Å². The third-order valence-corrected chi connectivity index (χ3v) is 3.22. The monoisotopic (exact) mass is 265 g/mol. The van der Waals surface area contributed by atoms with E-state index in [1.54, 1.807) is 6.08 Å². The molecule has 1 N–H and O–H groups in total. The summed E-state index contributed by atoms with van der Waals surface area (Å²) < 4.78 is 0. The molecule has 2 aromatic carbocycles. The van der Waals surface area contributed by atoms with Crippen molar-refractivity contribution in [3.63, 3.8) is 0 Å². The molecule has 102 valence electrons. The number of carbonyl (C=O) groups is 1. The van der Waals surface area contributed by atoms with Crippen LogP contribution in [0.1, 0.15) is 22.3 Å². The molecule has 2 nitrogen and oxygen atoms in total. The van der Waals surface area contributed by atoms with Gasteiger partial charge in [-0.3, -0.25) is 4.79 Å². The van der Waals surface area contributed by atoms with E-state index in [-0.39, 0.29) is 5.91 Å². The van der Waals surface area contributed by atoms with Gasteiger partial charge in [-0.25, -0.2) is 0 Å². The van der Waals surface area contributed by atoms with Gasteiger partial charge in [0.25, 0.3) is 0 Å². The van der Waals surface area contributed by atoms with Gasteiger partial charge in [0.15, 0.2) is 0 Å². The molecule has 20 heavy (non-hydrogen) atoms. The number of aryl methyl sites for hydroxylation is 2. The molecule has 0 aromatic heterocycles. The Morgan fingerprint density at radius 2 is 1.75 bits per heavy atom. The van der Waals surface area contributed by atoms with Crippen LogP contribution in [-0.4, -0.2) is 5.91 Å². The third-order valence-electron chi connectivity index (χ3n) is 3.22. The lowest BCUT2D eigenvalue weighted by molar-refractivity contribution is -0.116. The lowest BCUT2D eigenvalue weighted by Gasteiger charge is -2.05. The highest BCUT2D eigenvalue weighted by Gasteiger charge is 1.99. The molecule has 0 spiro atoms. The van der Waals surface area contributed by atoms with Crippen molar-refractivity contribution >= 4 is 12.0 Å². The molecule has 0 atom stereocenters. The van der Waals surface area contributed by atoms with Crippen molar-refractivity contribution in [1.82, 2.24) is 5.32 Å². The first kappa shape index (κ1) is 14.1. The highest BCUT2D eigenvalue weighted by molar-refractivity contribution is 5.91. The van der Waals surface area contributed by atoms with Gasteiger partial charge in [0.05, 0.1) is 0 Å². The fraction of sp³-hybridized carbons (Fsp3) is 0.167. The van der Waals surface area contributed by atoms with Gasteiger partial charge in [-0.2, -0.15) is 0 Å². The zero-order chi connectivity index (χ0) is 14.4. The Labute approximate surface area is 120 Å². The minimum absolute atomic E-state index is 0.0752. The second-order valence-corrected chi connectivity index (χ2v) is 4.89. The zero-order valence-electron chi connectivity index (χ0n) is 11.9. The number of hydrogen-bond donors (Lipinski definition) is 1. The second-order valence-electron chi connectivity index (χ2n) is 4.89. The van der Waals surface area contributed by atoms with Gasteiger partial charge >= 0.3 is 0 Å². The van der Waals surface area contributed by atoms with E-state index in [1.807, 2.05) is 68.5 Å². The Morgan fingerprint density at radius 1 is 1.05 bits per heavy atom. The van der Waals surface area contributed by atoms with E-state index in [9.17, 15) is 4.79 Å². The largest absolute Gasteiger partial charge is 0.348 e. The predicted molar refractivity (Wildman–Crippen MR) is 83.2 cm³/mol. The van der Waals surface area contributed by atoms with Gasteiger partial charge in [-0.05, 0) is 36.6 Å². The second kappa shape index (κ2) is 6.71. The number of hydrogen-bond acceptors (Lipinski definition) is 1. The summed E-state index contributed by atoms with van der Waals surface area (Å²) in [5.74, 6) is -0.0752. The molecule has 2 aromatic rings. The number of amides is 1. The summed E-state index contributed by atoms with van der Waals surface area (Å²) >= 11 is 0. The first-order valence-electron chi connectivity index (χ1n) is 6.72. The molecule has 0 fully saturated rings. The molecular weight excluding hydrogens is 246 g/mol. The summed E-state index contributed by atoms with van der Waals surface area (Å²) in [6.45, 7) is 4.65. The van der Waals surface area contributed by atoms with Crippen LogP contribution >= 0.6 is 0 Å². The van der Waals surface area contributed by atoms with Crippen LogP contribution in [0.2, 0.25) is 0 Å². The number of rotatable bonds is 4. The van der Waals surface area contributed by atoms with Crippen LogP contribution in [0.3, 0.4) is 0 Å². The van der Waals surface area contributed by atoms with E-state index >= 15 is 0 Å². The van der Waals surface area contributed by atoms with Gasteiger partial charge < -0.3 is 5.32 Å². The maximum atomic E-state index is 11.8. The summed E-state index contributed by atoms with van der Waals surface area (Å²) in [6.07, 6.45) is 3.40. The number of nitrogens with one attached hydrogen (secondary N) is 1. The van der Waals surface area contributed by atoms with E-state index in [1.165, 1.54) is 11.1 Å². The topological polar surface area (TPSA) is 29.1 Å². The summed E-state index contributed by atoms with van der Waals surface area (Å²) in [4.78, 5) is 11.8. The summed E-state index contributed by atoms with van der Waals surface area (Å²) in [7, 11) is 0. The van der Waals surface area contributed by atoms with Crippen molar-refractivity contribution in [3.05, 3.63) is 76.9 Å². The molecular formula is C18H19NO. The highest BCUT2D eigenvalue weighted by Crippen LogP contribution is 2.07. The smallest absolute Gasteiger partial charge is 0.244 e. The van der Waals surface area contributed by atoms with E-state index in [0.29, 0.717) is 6.54 Å². The van der Waals surface area contributed by atoms with Gasteiger partial charge in [-0.15, -0.1) is 0 Å². The van der Waals surface area contributed by atoms with Crippen molar-refractivity contribution in [2.75, 3.05) is 0 Å². The molecule has 0 bridgehead atoms. The molecule has 0 heterocycles. The normalized spacial score (nSPS) is 10.7. The summed E-state index contributed by atoms with van der Waals surface area (Å²) in [6, 6.07) is 16.1. The van der Waals surface area contributed by atoms with Crippen LogP contribution < -0.4 is 5.32 Å². The maximum absolute atomic E-state index is 11.8. The predicted octanol–water partition coefficient (Wildman–Crippen LogP) is 3.63. The Morgan fingerprint density at radius 3 is 2.45 bits per heavy atom. The Kier molecular flexibility index (Phi) is 4.72. The van der Waals surface area contributed by atoms with E-state index in [2.05, 4.69) is 5.32 Å². The molecule has 0 aliphatic carbocycles.